The Labute approximate surface area is 96.8 Å². The summed E-state index contributed by atoms with van der Waals surface area (Å²) in [6.45, 7) is 1.53. The lowest BCUT2D eigenvalue weighted by Crippen LogP contribution is -2.31. The highest BCUT2D eigenvalue weighted by Gasteiger charge is 2.23. The summed E-state index contributed by atoms with van der Waals surface area (Å²) in [5.41, 5.74) is 0. The van der Waals surface area contributed by atoms with E-state index in [4.69, 9.17) is 0 Å². The highest BCUT2D eigenvalue weighted by molar-refractivity contribution is 5.76. The molecule has 2 unspecified atom stereocenters. The molecule has 0 aromatic heterocycles. The van der Waals surface area contributed by atoms with Crippen LogP contribution >= 0.6 is 0 Å². The van der Waals surface area contributed by atoms with Crippen molar-refractivity contribution in [2.75, 3.05) is 13.1 Å². The van der Waals surface area contributed by atoms with Crippen LogP contribution in [0.4, 0.5) is 0 Å². The minimum Gasteiger partial charge on any atom is -0.393 e. The lowest BCUT2D eigenvalue weighted by molar-refractivity contribution is -0.121. The molecule has 4 nitrogen and oxygen atoms in total. The fourth-order valence-corrected chi connectivity index (χ4v) is 2.26. The van der Waals surface area contributed by atoms with Gasteiger partial charge in [0.25, 0.3) is 0 Å². The molecule has 92 valence electrons. The predicted molar refractivity (Wildman–Crippen MR) is 62.0 cm³/mol. The van der Waals surface area contributed by atoms with Gasteiger partial charge < -0.3 is 15.7 Å². The Kier molecular flexibility index (Phi) is 4.18. The summed E-state index contributed by atoms with van der Waals surface area (Å²) in [7, 11) is 0. The molecule has 3 N–H and O–H groups in total. The maximum Gasteiger partial charge on any atom is 0.221 e. The second-order valence-electron chi connectivity index (χ2n) is 5.12. The monoisotopic (exact) mass is 226 g/mol. The highest BCUT2D eigenvalue weighted by Crippen LogP contribution is 2.24. The number of aliphatic hydroxyl groups is 1. The molecule has 16 heavy (non-hydrogen) atoms. The molecule has 2 fully saturated rings. The van der Waals surface area contributed by atoms with Gasteiger partial charge in [-0.15, -0.1) is 0 Å². The zero-order valence-electron chi connectivity index (χ0n) is 9.74. The molecule has 0 aromatic rings. The first-order valence-corrected chi connectivity index (χ1v) is 6.42. The van der Waals surface area contributed by atoms with Crippen molar-refractivity contribution < 1.29 is 9.90 Å². The van der Waals surface area contributed by atoms with Crippen LogP contribution in [0, 0.1) is 5.92 Å². The fourth-order valence-electron chi connectivity index (χ4n) is 2.26. The summed E-state index contributed by atoms with van der Waals surface area (Å²) in [5, 5.41) is 15.6. The maximum atomic E-state index is 11.5. The van der Waals surface area contributed by atoms with Crippen molar-refractivity contribution in [3.05, 3.63) is 0 Å². The number of amides is 1. The number of hydrogen-bond donors (Lipinski definition) is 3. The van der Waals surface area contributed by atoms with Crippen LogP contribution in [0.5, 0.6) is 0 Å². The molecular formula is C12H22N2O2. The van der Waals surface area contributed by atoms with Gasteiger partial charge in [0.15, 0.2) is 0 Å². The second kappa shape index (κ2) is 5.64. The summed E-state index contributed by atoms with van der Waals surface area (Å²) in [6, 6.07) is 0.678. The summed E-state index contributed by atoms with van der Waals surface area (Å²) < 4.78 is 0. The van der Waals surface area contributed by atoms with Crippen molar-refractivity contribution >= 4 is 5.91 Å². The minimum absolute atomic E-state index is 0.134. The number of aliphatic hydroxyl groups excluding tert-OH is 1. The summed E-state index contributed by atoms with van der Waals surface area (Å²) in [6.07, 6.45) is 5.75. The number of carbonyl (C=O) groups is 1. The van der Waals surface area contributed by atoms with Crippen molar-refractivity contribution in [1.82, 2.24) is 10.6 Å². The predicted octanol–water partition coefficient (Wildman–Crippen LogP) is 0.406. The van der Waals surface area contributed by atoms with Gasteiger partial charge in [0.2, 0.25) is 5.91 Å². The molecule has 0 radical (unpaired) electrons. The van der Waals surface area contributed by atoms with E-state index in [1.807, 2.05) is 0 Å². The molecule has 0 heterocycles. The zero-order chi connectivity index (χ0) is 11.4. The summed E-state index contributed by atoms with van der Waals surface area (Å²) in [5.74, 6) is 0.616. The van der Waals surface area contributed by atoms with Crippen molar-refractivity contribution in [1.29, 1.82) is 0 Å². The molecule has 2 atom stereocenters. The molecule has 0 aliphatic heterocycles. The first-order valence-electron chi connectivity index (χ1n) is 6.42. The number of hydrogen-bond acceptors (Lipinski definition) is 3. The molecule has 4 heteroatoms. The molecule has 2 rings (SSSR count). The van der Waals surface area contributed by atoms with Crippen LogP contribution < -0.4 is 10.6 Å². The van der Waals surface area contributed by atoms with Gasteiger partial charge in [0, 0.05) is 25.6 Å². The van der Waals surface area contributed by atoms with Gasteiger partial charge >= 0.3 is 0 Å². The summed E-state index contributed by atoms with van der Waals surface area (Å²) >= 11 is 0. The van der Waals surface area contributed by atoms with E-state index in [1.165, 1.54) is 12.8 Å². The van der Waals surface area contributed by atoms with Gasteiger partial charge in [-0.3, -0.25) is 4.79 Å². The molecule has 2 saturated carbocycles. The van der Waals surface area contributed by atoms with E-state index in [2.05, 4.69) is 10.6 Å². The lowest BCUT2D eigenvalue weighted by Gasteiger charge is -2.11. The average molecular weight is 226 g/mol. The van der Waals surface area contributed by atoms with E-state index >= 15 is 0 Å². The molecule has 2 aliphatic rings. The third kappa shape index (κ3) is 4.10. The Morgan fingerprint density at radius 3 is 2.69 bits per heavy atom. The quantitative estimate of drug-likeness (QED) is 0.614. The lowest BCUT2D eigenvalue weighted by atomic mass is 10.1. The van der Waals surface area contributed by atoms with Gasteiger partial charge in [0.1, 0.15) is 0 Å². The molecule has 1 amide bonds. The Balaban J connectivity index is 1.49. The van der Waals surface area contributed by atoms with E-state index in [1.54, 1.807) is 0 Å². The first kappa shape index (κ1) is 11.9. The largest absolute Gasteiger partial charge is 0.393 e. The van der Waals surface area contributed by atoms with E-state index in [0.717, 1.165) is 32.4 Å². The molecule has 0 bridgehead atoms. The minimum atomic E-state index is -0.140. The number of nitrogens with one attached hydrogen (secondary N) is 2. The first-order chi connectivity index (χ1) is 7.74. The van der Waals surface area contributed by atoms with Gasteiger partial charge in [-0.1, -0.05) is 0 Å². The third-order valence-corrected chi connectivity index (χ3v) is 3.46. The van der Waals surface area contributed by atoms with Crippen molar-refractivity contribution in [3.63, 3.8) is 0 Å². The SMILES string of the molecule is O=C(CCNC1CC1)NCC1CCC(O)C1. The van der Waals surface area contributed by atoms with E-state index in [9.17, 15) is 9.90 Å². The zero-order valence-corrected chi connectivity index (χ0v) is 9.74. The van der Waals surface area contributed by atoms with Crippen molar-refractivity contribution in [3.8, 4) is 0 Å². The summed E-state index contributed by atoms with van der Waals surface area (Å²) in [4.78, 5) is 11.5. The van der Waals surface area contributed by atoms with Crippen LogP contribution in [-0.2, 0) is 4.79 Å². The average Bonchev–Trinajstić information content (AvgIpc) is 2.98. The molecule has 0 spiro atoms. The van der Waals surface area contributed by atoms with Gasteiger partial charge in [-0.2, -0.15) is 0 Å². The molecule has 0 saturated heterocycles. The van der Waals surface area contributed by atoms with Crippen LogP contribution in [-0.4, -0.2) is 36.2 Å². The van der Waals surface area contributed by atoms with Crippen molar-refractivity contribution in [2.24, 2.45) is 5.92 Å². The molecule has 0 aromatic carbocycles. The van der Waals surface area contributed by atoms with Crippen LogP contribution in [0.2, 0.25) is 0 Å². The third-order valence-electron chi connectivity index (χ3n) is 3.46. The number of rotatable bonds is 6. The van der Waals surface area contributed by atoms with E-state index in [-0.39, 0.29) is 12.0 Å². The fraction of sp³-hybridized carbons (Fsp3) is 0.917. The molecule has 2 aliphatic carbocycles. The van der Waals surface area contributed by atoms with Crippen LogP contribution in [0.1, 0.15) is 38.5 Å². The van der Waals surface area contributed by atoms with E-state index in [0.29, 0.717) is 18.4 Å². The Morgan fingerprint density at radius 1 is 1.25 bits per heavy atom. The number of carbonyl (C=O) groups excluding carboxylic acids is 1. The van der Waals surface area contributed by atoms with Gasteiger partial charge in [-0.25, -0.2) is 0 Å². The maximum absolute atomic E-state index is 11.5. The molecular weight excluding hydrogens is 204 g/mol. The Morgan fingerprint density at radius 2 is 2.06 bits per heavy atom. The van der Waals surface area contributed by atoms with Gasteiger partial charge in [-0.05, 0) is 38.0 Å². The standard InChI is InChI=1S/C12H22N2O2/c15-11-4-1-9(7-11)8-14-12(16)5-6-13-10-2-3-10/h9-11,13,15H,1-8H2,(H,14,16). The van der Waals surface area contributed by atoms with Crippen LogP contribution in [0.15, 0.2) is 0 Å². The van der Waals surface area contributed by atoms with Gasteiger partial charge in [0.05, 0.1) is 6.10 Å². The normalized spacial score (nSPS) is 29.3. The van der Waals surface area contributed by atoms with Crippen LogP contribution in [0.3, 0.4) is 0 Å². The Bertz CT molecular complexity index is 241. The van der Waals surface area contributed by atoms with E-state index < -0.39 is 0 Å². The van der Waals surface area contributed by atoms with Crippen LogP contribution in [0.25, 0.3) is 0 Å². The smallest absolute Gasteiger partial charge is 0.221 e. The second-order valence-corrected chi connectivity index (χ2v) is 5.12. The highest BCUT2D eigenvalue weighted by atomic mass is 16.3. The topological polar surface area (TPSA) is 61.4 Å². The Hall–Kier alpha value is -0.610. The van der Waals surface area contributed by atoms with Crippen molar-refractivity contribution in [2.45, 2.75) is 50.7 Å².